The first-order valence-electron chi connectivity index (χ1n) is 4.25. The Kier molecular flexibility index (Phi) is 5.70. The van der Waals surface area contributed by atoms with Gasteiger partial charge >= 0.3 is 0 Å². The van der Waals surface area contributed by atoms with E-state index >= 15 is 0 Å². The topological polar surface area (TPSA) is 28.7 Å². The van der Waals surface area contributed by atoms with E-state index < -0.39 is 0 Å². The Hall–Kier alpha value is -0.580. The van der Waals surface area contributed by atoms with Crippen molar-refractivity contribution in [2.75, 3.05) is 0 Å². The Balaban J connectivity index is 0. The fraction of sp³-hybridized carbons (Fsp3) is 0.300. The summed E-state index contributed by atoms with van der Waals surface area (Å²) in [6, 6.07) is 1.97. The number of pyridine rings is 1. The zero-order valence-corrected chi connectivity index (χ0v) is 10.5. The van der Waals surface area contributed by atoms with Crippen molar-refractivity contribution in [1.29, 1.82) is 0 Å². The van der Waals surface area contributed by atoms with Gasteiger partial charge in [0.1, 0.15) is 0 Å². The Morgan fingerprint density at radius 1 is 1.38 bits per heavy atom. The van der Waals surface area contributed by atoms with E-state index in [9.17, 15) is 0 Å². The molecule has 13 heavy (non-hydrogen) atoms. The van der Waals surface area contributed by atoms with Crippen molar-refractivity contribution in [3.8, 4) is 0 Å². The largest absolute Gasteiger partial charge is 0.361 e. The van der Waals surface area contributed by atoms with Gasteiger partial charge in [0.05, 0.1) is 0 Å². The van der Waals surface area contributed by atoms with Gasteiger partial charge in [0, 0.05) is 30.9 Å². The average molecular weight is 292 g/mol. The van der Waals surface area contributed by atoms with E-state index in [4.69, 9.17) is 0 Å². The van der Waals surface area contributed by atoms with E-state index in [2.05, 4.69) is 16.9 Å². The van der Waals surface area contributed by atoms with Gasteiger partial charge in [0.15, 0.2) is 0 Å². The highest BCUT2D eigenvalue weighted by atomic mass is 127. The van der Waals surface area contributed by atoms with Gasteiger partial charge in [0.2, 0.25) is 0 Å². The number of hydrogen-bond acceptors (Lipinski definition) is 1. The second-order valence-electron chi connectivity index (χ2n) is 2.39. The van der Waals surface area contributed by atoms with Gasteiger partial charge in [-0.15, -0.1) is 24.0 Å². The maximum Gasteiger partial charge on any atom is 0.0487 e. The lowest BCUT2D eigenvalue weighted by molar-refractivity contribution is 1.35. The number of aromatic nitrogens is 2. The van der Waals surface area contributed by atoms with Crippen molar-refractivity contribution in [1.82, 2.24) is 9.97 Å². The number of aromatic amines is 1. The van der Waals surface area contributed by atoms with Crippen molar-refractivity contribution >= 4 is 34.9 Å². The summed E-state index contributed by atoms with van der Waals surface area (Å²) >= 11 is 0. The molecule has 0 radical (unpaired) electrons. The Morgan fingerprint density at radius 2 is 2.08 bits per heavy atom. The maximum atomic E-state index is 4.03. The van der Waals surface area contributed by atoms with Gasteiger partial charge in [-0.1, -0.05) is 13.8 Å². The van der Waals surface area contributed by atoms with Crippen LogP contribution >= 0.6 is 24.0 Å². The highest BCUT2D eigenvalue weighted by molar-refractivity contribution is 14.0. The molecular weight excluding hydrogens is 275 g/mol. The van der Waals surface area contributed by atoms with Crippen LogP contribution in [0.4, 0.5) is 0 Å². The van der Waals surface area contributed by atoms with Gasteiger partial charge in [-0.2, -0.15) is 0 Å². The van der Waals surface area contributed by atoms with Crippen molar-refractivity contribution in [2.45, 2.75) is 20.8 Å². The maximum absolute atomic E-state index is 4.03. The predicted molar refractivity (Wildman–Crippen MR) is 69.7 cm³/mol. The number of nitrogens with zero attached hydrogens (tertiary/aromatic N) is 1. The molecular formula is C10H17IN2. The molecule has 2 aromatic heterocycles. The zero-order valence-electron chi connectivity index (χ0n) is 8.16. The summed E-state index contributed by atoms with van der Waals surface area (Å²) in [5.74, 6) is 0. The lowest BCUT2D eigenvalue weighted by Gasteiger charge is -1.86. The second kappa shape index (κ2) is 5.96. The monoisotopic (exact) mass is 292 g/mol. The first kappa shape index (κ1) is 12.4. The normalized spacial score (nSPS) is 8.54. The molecule has 0 spiro atoms. The lowest BCUT2D eigenvalue weighted by Crippen LogP contribution is -1.70. The highest BCUT2D eigenvalue weighted by Gasteiger charge is 1.95. The number of aryl methyl sites for hydroxylation is 1. The minimum Gasteiger partial charge on any atom is -0.361 e. The number of nitrogens with one attached hydrogen (secondary N) is 1. The van der Waals surface area contributed by atoms with Gasteiger partial charge in [0.25, 0.3) is 0 Å². The van der Waals surface area contributed by atoms with Crippen molar-refractivity contribution in [3.05, 3.63) is 30.2 Å². The third-order valence-corrected chi connectivity index (χ3v) is 1.69. The minimum absolute atomic E-state index is 0. The van der Waals surface area contributed by atoms with E-state index in [-0.39, 0.29) is 25.4 Å². The van der Waals surface area contributed by atoms with Crippen LogP contribution in [0.3, 0.4) is 0 Å². The fourth-order valence-electron chi connectivity index (χ4n) is 1.10. The van der Waals surface area contributed by atoms with E-state index in [0.717, 1.165) is 5.52 Å². The highest BCUT2D eigenvalue weighted by Crippen LogP contribution is 2.13. The van der Waals surface area contributed by atoms with Gasteiger partial charge in [-0.3, -0.25) is 4.98 Å². The molecule has 2 aromatic rings. The first-order chi connectivity index (χ1) is 5.88. The molecule has 0 bridgehead atoms. The first-order valence-corrected chi connectivity index (χ1v) is 4.25. The zero-order chi connectivity index (χ0) is 8.97. The van der Waals surface area contributed by atoms with E-state index in [1.54, 1.807) is 6.20 Å². The third-order valence-electron chi connectivity index (χ3n) is 1.69. The fourth-order valence-corrected chi connectivity index (χ4v) is 1.10. The number of hydrogen-bond donors (Lipinski definition) is 1. The van der Waals surface area contributed by atoms with Crippen LogP contribution in [0.2, 0.25) is 0 Å². The second-order valence-corrected chi connectivity index (χ2v) is 2.39. The molecule has 0 fully saturated rings. The Labute approximate surface area is 97.3 Å². The van der Waals surface area contributed by atoms with Crippen LogP contribution in [-0.4, -0.2) is 9.97 Å². The summed E-state index contributed by atoms with van der Waals surface area (Å²) in [6.45, 7) is 6.07. The molecule has 0 atom stereocenters. The van der Waals surface area contributed by atoms with Crippen LogP contribution in [0.15, 0.2) is 24.7 Å². The van der Waals surface area contributed by atoms with Gasteiger partial charge < -0.3 is 4.98 Å². The summed E-state index contributed by atoms with van der Waals surface area (Å²) in [5.41, 5.74) is 2.41. The number of fused-ring (bicyclic) bond motifs is 1. The van der Waals surface area contributed by atoms with Crippen molar-refractivity contribution < 1.29 is 1.43 Å². The summed E-state index contributed by atoms with van der Waals surface area (Å²) in [6.07, 6.45) is 5.66. The Morgan fingerprint density at radius 3 is 2.69 bits per heavy atom. The molecule has 0 aromatic carbocycles. The molecule has 0 aliphatic rings. The molecule has 2 heterocycles. The molecule has 74 valence electrons. The Bertz CT molecular complexity index is 360. The molecule has 0 saturated heterocycles. The van der Waals surface area contributed by atoms with E-state index in [1.807, 2.05) is 32.3 Å². The minimum atomic E-state index is 0. The van der Waals surface area contributed by atoms with Crippen LogP contribution in [0.25, 0.3) is 10.9 Å². The molecule has 0 aliphatic heterocycles. The molecule has 0 amide bonds. The van der Waals surface area contributed by atoms with Crippen LogP contribution in [0.1, 0.15) is 20.8 Å². The third kappa shape index (κ3) is 2.69. The van der Waals surface area contributed by atoms with Crippen LogP contribution < -0.4 is 0 Å². The van der Waals surface area contributed by atoms with Gasteiger partial charge in [-0.05, 0) is 18.6 Å². The molecule has 2 rings (SSSR count). The molecule has 1 N–H and O–H groups in total. The summed E-state index contributed by atoms with van der Waals surface area (Å²) < 4.78 is 0. The number of H-pyrrole nitrogens is 1. The van der Waals surface area contributed by atoms with E-state index in [0.29, 0.717) is 0 Å². The SMILES string of the molecule is CC.Cc1c[nH]c2ccncc12.I.[HH]. The van der Waals surface area contributed by atoms with Crippen LogP contribution in [0.5, 0.6) is 0 Å². The van der Waals surface area contributed by atoms with Crippen LogP contribution in [0, 0.1) is 6.92 Å². The van der Waals surface area contributed by atoms with Crippen molar-refractivity contribution in [2.24, 2.45) is 0 Å². The average Bonchev–Trinajstić information content (AvgIpc) is 2.53. The summed E-state index contributed by atoms with van der Waals surface area (Å²) in [7, 11) is 0. The van der Waals surface area contributed by atoms with Crippen molar-refractivity contribution in [3.63, 3.8) is 0 Å². The van der Waals surface area contributed by atoms with Crippen LogP contribution in [-0.2, 0) is 0 Å². The smallest absolute Gasteiger partial charge is 0.0487 e. The van der Waals surface area contributed by atoms with Gasteiger partial charge in [-0.25, -0.2) is 0 Å². The summed E-state index contributed by atoms with van der Waals surface area (Å²) in [4.78, 5) is 7.17. The molecule has 3 heteroatoms. The molecule has 0 aliphatic carbocycles. The number of halogens is 1. The predicted octanol–water partition coefficient (Wildman–Crippen LogP) is 3.76. The lowest BCUT2D eigenvalue weighted by atomic mass is 10.2. The molecule has 0 unspecified atom stereocenters. The molecule has 0 saturated carbocycles. The van der Waals surface area contributed by atoms with E-state index in [1.165, 1.54) is 10.9 Å². The summed E-state index contributed by atoms with van der Waals surface area (Å²) in [5, 5.41) is 1.21. The standard InChI is InChI=1S/C8H8N2.C2H6.HI.H2/c1-6-4-10-8-2-3-9-5-7(6)8;1-2;;/h2-5,10H,1H3;1-2H3;2*1H. The molecule has 2 nitrogen and oxygen atoms in total. The quantitative estimate of drug-likeness (QED) is 0.736. The number of rotatable bonds is 0.